The summed E-state index contributed by atoms with van der Waals surface area (Å²) in [7, 11) is 3.12. The number of rotatable bonds is 4. The number of benzene rings is 1. The monoisotopic (exact) mass is 413 g/mol. The van der Waals surface area contributed by atoms with Crippen LogP contribution in [-0.4, -0.2) is 71.9 Å². The van der Waals surface area contributed by atoms with Crippen LogP contribution in [0.25, 0.3) is 0 Å². The van der Waals surface area contributed by atoms with E-state index in [2.05, 4.69) is 10.4 Å². The number of fused-ring (bicyclic) bond motifs is 1. The van der Waals surface area contributed by atoms with Gasteiger partial charge in [-0.25, -0.2) is 4.79 Å². The van der Waals surface area contributed by atoms with Gasteiger partial charge >= 0.3 is 6.03 Å². The fraction of sp³-hybridized carbons (Fsp3) is 0.476. The molecular weight excluding hydrogens is 386 g/mol. The van der Waals surface area contributed by atoms with Crippen molar-refractivity contribution in [2.45, 2.75) is 25.8 Å². The predicted octanol–water partition coefficient (Wildman–Crippen LogP) is 2.23. The Morgan fingerprint density at radius 1 is 0.967 bits per heavy atom. The fourth-order valence-corrected chi connectivity index (χ4v) is 3.89. The Morgan fingerprint density at radius 3 is 2.43 bits per heavy atom. The second-order valence-electron chi connectivity index (χ2n) is 7.48. The Kier molecular flexibility index (Phi) is 5.78. The predicted molar refractivity (Wildman–Crippen MR) is 111 cm³/mol. The minimum atomic E-state index is -0.219. The average molecular weight is 413 g/mol. The van der Waals surface area contributed by atoms with Crippen LogP contribution in [0.3, 0.4) is 0 Å². The van der Waals surface area contributed by atoms with Crippen LogP contribution < -0.4 is 14.8 Å². The van der Waals surface area contributed by atoms with E-state index in [1.165, 1.54) is 0 Å². The molecule has 3 heterocycles. The van der Waals surface area contributed by atoms with Crippen molar-refractivity contribution in [3.05, 3.63) is 35.7 Å². The minimum Gasteiger partial charge on any atom is -0.497 e. The molecule has 0 spiro atoms. The molecule has 2 aromatic rings. The van der Waals surface area contributed by atoms with E-state index in [-0.39, 0.29) is 11.9 Å². The van der Waals surface area contributed by atoms with Gasteiger partial charge in [0.2, 0.25) is 0 Å². The van der Waals surface area contributed by atoms with Crippen molar-refractivity contribution < 1.29 is 19.1 Å². The molecule has 0 radical (unpaired) electrons. The van der Waals surface area contributed by atoms with Crippen molar-refractivity contribution in [3.8, 4) is 11.5 Å². The molecule has 0 unspecified atom stereocenters. The molecule has 0 saturated carbocycles. The van der Waals surface area contributed by atoms with Crippen LogP contribution in [0.4, 0.5) is 10.5 Å². The Labute approximate surface area is 175 Å². The third-order valence-corrected chi connectivity index (χ3v) is 5.64. The van der Waals surface area contributed by atoms with Gasteiger partial charge < -0.3 is 24.6 Å². The number of urea groups is 1. The summed E-state index contributed by atoms with van der Waals surface area (Å²) in [6.07, 6.45) is 3.23. The summed E-state index contributed by atoms with van der Waals surface area (Å²) in [5.41, 5.74) is 2.22. The van der Waals surface area contributed by atoms with Crippen LogP contribution in [0.1, 0.15) is 29.0 Å². The number of hydrogen-bond donors (Lipinski definition) is 1. The van der Waals surface area contributed by atoms with Gasteiger partial charge in [-0.15, -0.1) is 0 Å². The summed E-state index contributed by atoms with van der Waals surface area (Å²) in [4.78, 5) is 29.0. The number of piperazine rings is 1. The highest BCUT2D eigenvalue weighted by Gasteiger charge is 2.27. The normalized spacial score (nSPS) is 16.1. The number of aryl methyl sites for hydroxylation is 2. The van der Waals surface area contributed by atoms with Crippen LogP contribution in [0.5, 0.6) is 11.5 Å². The molecule has 30 heavy (non-hydrogen) atoms. The molecule has 9 heteroatoms. The van der Waals surface area contributed by atoms with Gasteiger partial charge in [0.25, 0.3) is 5.91 Å². The van der Waals surface area contributed by atoms with Crippen molar-refractivity contribution >= 4 is 17.6 Å². The Bertz CT molecular complexity index is 910. The van der Waals surface area contributed by atoms with E-state index < -0.39 is 0 Å². The first-order valence-electron chi connectivity index (χ1n) is 10.2. The second-order valence-corrected chi connectivity index (χ2v) is 7.48. The van der Waals surface area contributed by atoms with Crippen molar-refractivity contribution in [2.24, 2.45) is 0 Å². The van der Waals surface area contributed by atoms with Crippen LogP contribution in [0.15, 0.2) is 24.3 Å². The van der Waals surface area contributed by atoms with Crippen molar-refractivity contribution in [2.75, 3.05) is 45.7 Å². The molecule has 160 valence electrons. The lowest BCUT2D eigenvalue weighted by Gasteiger charge is -2.34. The van der Waals surface area contributed by atoms with Crippen LogP contribution in [0.2, 0.25) is 0 Å². The number of nitrogens with one attached hydrogen (secondary N) is 1. The third kappa shape index (κ3) is 4.05. The van der Waals surface area contributed by atoms with E-state index in [1.54, 1.807) is 42.2 Å². The van der Waals surface area contributed by atoms with E-state index in [0.29, 0.717) is 49.1 Å². The minimum absolute atomic E-state index is 0.0613. The van der Waals surface area contributed by atoms with Gasteiger partial charge in [-0.1, -0.05) is 0 Å². The Hall–Kier alpha value is -3.23. The number of anilines is 1. The van der Waals surface area contributed by atoms with Crippen LogP contribution in [0, 0.1) is 0 Å². The lowest BCUT2D eigenvalue weighted by molar-refractivity contribution is 0.0665. The van der Waals surface area contributed by atoms with Crippen LogP contribution >= 0.6 is 0 Å². The molecule has 2 aliphatic heterocycles. The number of hydrogen-bond acceptors (Lipinski definition) is 5. The van der Waals surface area contributed by atoms with E-state index in [9.17, 15) is 9.59 Å². The van der Waals surface area contributed by atoms with Gasteiger partial charge in [0.15, 0.2) is 5.69 Å². The van der Waals surface area contributed by atoms with Gasteiger partial charge in [-0.2, -0.15) is 5.10 Å². The maximum Gasteiger partial charge on any atom is 0.322 e. The summed E-state index contributed by atoms with van der Waals surface area (Å²) in [6, 6.07) is 6.92. The van der Waals surface area contributed by atoms with Crippen molar-refractivity contribution in [3.63, 3.8) is 0 Å². The molecule has 1 fully saturated rings. The molecule has 1 saturated heterocycles. The van der Waals surface area contributed by atoms with Gasteiger partial charge in [-0.05, 0) is 37.5 Å². The number of amides is 3. The topological polar surface area (TPSA) is 88.9 Å². The third-order valence-electron chi connectivity index (χ3n) is 5.64. The number of carbonyl (C=O) groups excluding carboxylic acids is 2. The Balaban J connectivity index is 1.34. The maximum atomic E-state index is 12.8. The highest BCUT2D eigenvalue weighted by Crippen LogP contribution is 2.29. The largest absolute Gasteiger partial charge is 0.497 e. The summed E-state index contributed by atoms with van der Waals surface area (Å²) in [5.74, 6) is 1.12. The number of aromatic nitrogens is 2. The summed E-state index contributed by atoms with van der Waals surface area (Å²) in [5, 5.41) is 7.36. The zero-order chi connectivity index (χ0) is 21.1. The summed E-state index contributed by atoms with van der Waals surface area (Å²) >= 11 is 0. The maximum absolute atomic E-state index is 12.8. The van der Waals surface area contributed by atoms with Crippen molar-refractivity contribution in [1.82, 2.24) is 19.6 Å². The highest BCUT2D eigenvalue weighted by molar-refractivity contribution is 5.93. The first-order chi connectivity index (χ1) is 14.6. The van der Waals surface area contributed by atoms with E-state index in [1.807, 2.05) is 10.7 Å². The summed E-state index contributed by atoms with van der Waals surface area (Å²) in [6.45, 7) is 2.76. The highest BCUT2D eigenvalue weighted by atomic mass is 16.5. The summed E-state index contributed by atoms with van der Waals surface area (Å²) < 4.78 is 12.5. The average Bonchev–Trinajstić information content (AvgIpc) is 3.23. The molecule has 0 bridgehead atoms. The first-order valence-corrected chi connectivity index (χ1v) is 10.2. The molecular formula is C21H27N5O4. The number of carbonyl (C=O) groups is 2. The molecule has 3 amide bonds. The second kappa shape index (κ2) is 8.64. The zero-order valence-electron chi connectivity index (χ0n) is 17.4. The molecule has 1 aromatic carbocycles. The van der Waals surface area contributed by atoms with Gasteiger partial charge in [0, 0.05) is 44.5 Å². The quantitative estimate of drug-likeness (QED) is 0.830. The van der Waals surface area contributed by atoms with E-state index >= 15 is 0 Å². The van der Waals surface area contributed by atoms with E-state index in [4.69, 9.17) is 9.47 Å². The molecule has 1 N–H and O–H groups in total. The van der Waals surface area contributed by atoms with Crippen LogP contribution in [-0.2, 0) is 13.0 Å². The molecule has 2 aliphatic rings. The van der Waals surface area contributed by atoms with Gasteiger partial charge in [-0.3, -0.25) is 9.48 Å². The van der Waals surface area contributed by atoms with E-state index in [0.717, 1.165) is 31.5 Å². The standard InChI is InChI=1S/C21H27N5O4/c1-29-16-6-7-17(19(14-16)30-2)22-21(28)25-11-9-24(10-12-25)20(27)18-13-15-5-3-4-8-26(15)23-18/h6-7,13-14H,3-5,8-12H2,1-2H3,(H,22,28). The molecule has 9 nitrogen and oxygen atoms in total. The fourth-order valence-electron chi connectivity index (χ4n) is 3.89. The van der Waals surface area contributed by atoms with Gasteiger partial charge in [0.05, 0.1) is 19.9 Å². The molecule has 0 aliphatic carbocycles. The van der Waals surface area contributed by atoms with Gasteiger partial charge in [0.1, 0.15) is 11.5 Å². The smallest absolute Gasteiger partial charge is 0.322 e. The lowest BCUT2D eigenvalue weighted by atomic mass is 10.1. The SMILES string of the molecule is COc1ccc(NC(=O)N2CCN(C(=O)c3cc4n(n3)CCCC4)CC2)c(OC)c1. The van der Waals surface area contributed by atoms with Crippen molar-refractivity contribution in [1.29, 1.82) is 0 Å². The number of methoxy groups -OCH3 is 2. The molecule has 4 rings (SSSR count). The number of nitrogens with zero attached hydrogens (tertiary/aromatic N) is 4. The molecule has 0 atom stereocenters. The zero-order valence-corrected chi connectivity index (χ0v) is 17.4. The molecule has 1 aromatic heterocycles. The number of ether oxygens (including phenoxy) is 2. The first kappa shape index (κ1) is 20.1. The lowest BCUT2D eigenvalue weighted by Crippen LogP contribution is -2.51. The Morgan fingerprint density at radius 2 is 1.73 bits per heavy atom.